The van der Waals surface area contributed by atoms with Crippen LogP contribution in [0.15, 0.2) is 24.3 Å². The molecule has 0 aliphatic heterocycles. The Bertz CT molecular complexity index is 614. The van der Waals surface area contributed by atoms with Crippen LogP contribution >= 0.6 is 12.6 Å². The van der Waals surface area contributed by atoms with Gasteiger partial charge in [-0.15, -0.1) is 0 Å². The average Bonchev–Trinajstić information content (AvgIpc) is 2.77. The highest BCUT2D eigenvalue weighted by molar-refractivity contribution is 7.80. The molecule has 0 heterocycles. The second-order valence-electron chi connectivity index (χ2n) is 7.50. The van der Waals surface area contributed by atoms with E-state index in [4.69, 9.17) is 9.47 Å². The maximum Gasteiger partial charge on any atom is 0.330 e. The molecule has 0 unspecified atom stereocenters. The SMILES string of the molecule is CCN(CC)c1ccc(/C=C/C(=O)OCCCCCCCCCCCS)c(OC)c1. The third-order valence-electron chi connectivity index (χ3n) is 5.29. The highest BCUT2D eigenvalue weighted by atomic mass is 32.1. The van der Waals surface area contributed by atoms with Gasteiger partial charge in [0.15, 0.2) is 0 Å². The molecule has 0 aromatic heterocycles. The van der Waals surface area contributed by atoms with E-state index in [0.29, 0.717) is 6.61 Å². The monoisotopic (exact) mass is 435 g/mol. The van der Waals surface area contributed by atoms with E-state index in [0.717, 1.165) is 48.7 Å². The van der Waals surface area contributed by atoms with Crippen LogP contribution in [0.5, 0.6) is 5.75 Å². The van der Waals surface area contributed by atoms with Gasteiger partial charge in [0.1, 0.15) is 5.75 Å². The summed E-state index contributed by atoms with van der Waals surface area (Å²) >= 11 is 4.24. The highest BCUT2D eigenvalue weighted by Gasteiger charge is 2.07. The summed E-state index contributed by atoms with van der Waals surface area (Å²) in [7, 11) is 1.65. The van der Waals surface area contributed by atoms with Crippen LogP contribution in [0, 0.1) is 0 Å². The van der Waals surface area contributed by atoms with Gasteiger partial charge in [-0.3, -0.25) is 0 Å². The predicted octanol–water partition coefficient (Wildman–Crippen LogP) is 6.54. The number of methoxy groups -OCH3 is 1. The van der Waals surface area contributed by atoms with Crippen molar-refractivity contribution in [2.24, 2.45) is 0 Å². The first-order chi connectivity index (χ1) is 14.7. The van der Waals surface area contributed by atoms with E-state index >= 15 is 0 Å². The molecule has 4 nitrogen and oxygen atoms in total. The van der Waals surface area contributed by atoms with Gasteiger partial charge in [-0.2, -0.15) is 12.6 Å². The number of nitrogens with zero attached hydrogens (tertiary/aromatic N) is 1. The number of thiol groups is 1. The van der Waals surface area contributed by atoms with E-state index in [1.165, 1.54) is 51.0 Å². The Hall–Kier alpha value is -1.62. The number of ether oxygens (including phenoxy) is 2. The lowest BCUT2D eigenvalue weighted by molar-refractivity contribution is -0.137. The minimum absolute atomic E-state index is 0.297. The number of rotatable bonds is 17. The van der Waals surface area contributed by atoms with E-state index in [9.17, 15) is 4.79 Å². The van der Waals surface area contributed by atoms with E-state index in [2.05, 4.69) is 37.4 Å². The highest BCUT2D eigenvalue weighted by Crippen LogP contribution is 2.26. The number of carbonyl (C=O) groups excluding carboxylic acids is 1. The number of hydrogen-bond donors (Lipinski definition) is 1. The largest absolute Gasteiger partial charge is 0.496 e. The Labute approximate surface area is 189 Å². The van der Waals surface area contributed by atoms with Gasteiger partial charge in [-0.1, -0.05) is 44.9 Å². The van der Waals surface area contributed by atoms with Gasteiger partial charge >= 0.3 is 5.97 Å². The molecular weight excluding hydrogens is 394 g/mol. The summed E-state index contributed by atoms with van der Waals surface area (Å²) in [5.74, 6) is 1.47. The van der Waals surface area contributed by atoms with Crippen molar-refractivity contribution in [2.45, 2.75) is 71.6 Å². The van der Waals surface area contributed by atoms with Gasteiger partial charge in [0, 0.05) is 36.5 Å². The number of esters is 1. The van der Waals surface area contributed by atoms with Gasteiger partial charge in [-0.25, -0.2) is 4.79 Å². The molecule has 1 aromatic carbocycles. The summed E-state index contributed by atoms with van der Waals surface area (Å²) in [6.07, 6.45) is 14.3. The zero-order chi connectivity index (χ0) is 22.0. The molecule has 0 fully saturated rings. The molecule has 0 spiro atoms. The number of anilines is 1. The van der Waals surface area contributed by atoms with E-state index < -0.39 is 0 Å². The summed E-state index contributed by atoms with van der Waals surface area (Å²) in [5, 5.41) is 0. The van der Waals surface area contributed by atoms with Crippen LogP contribution in [0.1, 0.15) is 77.2 Å². The number of benzene rings is 1. The van der Waals surface area contributed by atoms with Crippen molar-refractivity contribution in [3.63, 3.8) is 0 Å². The Kier molecular flexibility index (Phi) is 15.1. The molecule has 0 atom stereocenters. The molecule has 1 aromatic rings. The number of carbonyl (C=O) groups is 1. The Morgan fingerprint density at radius 1 is 0.967 bits per heavy atom. The molecule has 0 bridgehead atoms. The van der Waals surface area contributed by atoms with Crippen LogP contribution in [-0.2, 0) is 9.53 Å². The zero-order valence-corrected chi connectivity index (χ0v) is 20.1. The number of hydrogen-bond acceptors (Lipinski definition) is 5. The molecule has 1 rings (SSSR count). The minimum Gasteiger partial charge on any atom is -0.496 e. The van der Waals surface area contributed by atoms with Crippen molar-refractivity contribution in [1.29, 1.82) is 0 Å². The summed E-state index contributed by atoms with van der Waals surface area (Å²) in [6.45, 7) is 6.64. The summed E-state index contributed by atoms with van der Waals surface area (Å²) in [6, 6.07) is 6.05. The van der Waals surface area contributed by atoms with Crippen LogP contribution in [0.2, 0.25) is 0 Å². The second-order valence-corrected chi connectivity index (χ2v) is 7.95. The van der Waals surface area contributed by atoms with Crippen molar-refractivity contribution in [3.05, 3.63) is 29.8 Å². The Balaban J connectivity index is 2.27. The molecule has 0 radical (unpaired) electrons. The van der Waals surface area contributed by atoms with Gasteiger partial charge in [-0.05, 0) is 50.7 Å². The Morgan fingerprint density at radius 2 is 1.57 bits per heavy atom. The van der Waals surface area contributed by atoms with Crippen molar-refractivity contribution in [1.82, 2.24) is 0 Å². The topological polar surface area (TPSA) is 38.8 Å². The third kappa shape index (κ3) is 11.0. The summed E-state index contributed by atoms with van der Waals surface area (Å²) < 4.78 is 10.8. The van der Waals surface area contributed by atoms with Crippen molar-refractivity contribution < 1.29 is 14.3 Å². The smallest absolute Gasteiger partial charge is 0.330 e. The maximum absolute atomic E-state index is 12.0. The van der Waals surface area contributed by atoms with Crippen molar-refractivity contribution >= 4 is 30.4 Å². The molecule has 0 amide bonds. The Morgan fingerprint density at radius 3 is 2.13 bits per heavy atom. The fraction of sp³-hybridized carbons (Fsp3) is 0.640. The molecule has 5 heteroatoms. The standard InChI is InChI=1S/C25H41NO3S/c1-4-26(5-2)23-17-15-22(24(21-23)28-3)16-18-25(27)29-19-13-11-9-7-6-8-10-12-14-20-30/h15-18,21,30H,4-14,19-20H2,1-3H3/b18-16+. The molecule has 170 valence electrons. The molecular formula is C25H41NO3S. The molecule has 0 N–H and O–H groups in total. The average molecular weight is 436 g/mol. The fourth-order valence-corrected chi connectivity index (χ4v) is 3.68. The van der Waals surface area contributed by atoms with E-state index in [1.54, 1.807) is 13.2 Å². The molecule has 0 saturated heterocycles. The van der Waals surface area contributed by atoms with Gasteiger partial charge in [0.25, 0.3) is 0 Å². The maximum atomic E-state index is 12.0. The zero-order valence-electron chi connectivity index (χ0n) is 19.2. The normalized spacial score (nSPS) is 11.1. The molecule has 30 heavy (non-hydrogen) atoms. The molecule has 0 saturated carbocycles. The quantitative estimate of drug-likeness (QED) is 0.130. The van der Waals surface area contributed by atoms with Gasteiger partial charge < -0.3 is 14.4 Å². The van der Waals surface area contributed by atoms with Crippen molar-refractivity contribution in [3.8, 4) is 5.75 Å². The van der Waals surface area contributed by atoms with Crippen LogP contribution in [0.4, 0.5) is 5.69 Å². The molecule has 0 aliphatic rings. The van der Waals surface area contributed by atoms with Crippen LogP contribution < -0.4 is 9.64 Å². The van der Waals surface area contributed by atoms with Gasteiger partial charge in [0.2, 0.25) is 0 Å². The van der Waals surface area contributed by atoms with E-state index in [-0.39, 0.29) is 5.97 Å². The first-order valence-corrected chi connectivity index (χ1v) is 12.2. The lowest BCUT2D eigenvalue weighted by atomic mass is 10.1. The van der Waals surface area contributed by atoms with Crippen LogP contribution in [0.25, 0.3) is 6.08 Å². The second kappa shape index (κ2) is 17.1. The summed E-state index contributed by atoms with van der Waals surface area (Å²) in [5.41, 5.74) is 1.99. The molecule has 0 aliphatic carbocycles. The lowest BCUT2D eigenvalue weighted by Gasteiger charge is -2.22. The third-order valence-corrected chi connectivity index (χ3v) is 5.61. The first kappa shape index (κ1) is 26.4. The minimum atomic E-state index is -0.297. The summed E-state index contributed by atoms with van der Waals surface area (Å²) in [4.78, 5) is 14.2. The van der Waals surface area contributed by atoms with Crippen LogP contribution in [-0.4, -0.2) is 38.5 Å². The van der Waals surface area contributed by atoms with Gasteiger partial charge in [0.05, 0.1) is 13.7 Å². The van der Waals surface area contributed by atoms with Crippen LogP contribution in [0.3, 0.4) is 0 Å². The predicted molar refractivity (Wildman–Crippen MR) is 132 cm³/mol. The fourth-order valence-electron chi connectivity index (χ4n) is 3.45. The number of unbranched alkanes of at least 4 members (excludes halogenated alkanes) is 8. The van der Waals surface area contributed by atoms with E-state index in [1.807, 2.05) is 12.1 Å². The lowest BCUT2D eigenvalue weighted by Crippen LogP contribution is -2.21. The first-order valence-electron chi connectivity index (χ1n) is 11.5. The van der Waals surface area contributed by atoms with Crippen molar-refractivity contribution in [2.75, 3.05) is 37.5 Å².